The average Bonchev–Trinajstić information content (AvgIpc) is 3.17. The van der Waals surface area contributed by atoms with E-state index < -0.39 is 5.91 Å². The first-order chi connectivity index (χ1) is 15.1. The lowest BCUT2D eigenvalue weighted by Crippen LogP contribution is -2.12. The number of halogens is 1. The summed E-state index contributed by atoms with van der Waals surface area (Å²) >= 11 is 5.99. The van der Waals surface area contributed by atoms with Crippen LogP contribution >= 0.6 is 11.6 Å². The second kappa shape index (κ2) is 9.06. The van der Waals surface area contributed by atoms with Gasteiger partial charge < -0.3 is 15.8 Å². The molecule has 4 N–H and O–H groups in total. The number of primary amides is 1. The number of anilines is 2. The number of aromatic amines is 1. The van der Waals surface area contributed by atoms with Crippen LogP contribution < -0.4 is 15.8 Å². The molecule has 4 aromatic rings. The summed E-state index contributed by atoms with van der Waals surface area (Å²) in [5.41, 5.74) is 7.11. The molecule has 10 heteroatoms. The normalized spacial score (nSPS) is 10.9. The fourth-order valence-electron chi connectivity index (χ4n) is 2.66. The molecular formula is C21H16ClN7O2. The highest BCUT2D eigenvalue weighted by atomic mass is 35.5. The number of aromatic nitrogens is 4. The van der Waals surface area contributed by atoms with Crippen molar-refractivity contribution in [3.05, 3.63) is 83.1 Å². The van der Waals surface area contributed by atoms with Crippen LogP contribution in [0.4, 0.5) is 17.3 Å². The Kier molecular flexibility index (Phi) is 5.86. The van der Waals surface area contributed by atoms with Gasteiger partial charge in [-0.2, -0.15) is 5.10 Å². The number of carbonyl (C=O) groups excluding carboxylic acids is 1. The van der Waals surface area contributed by atoms with Crippen molar-refractivity contribution in [2.45, 2.75) is 0 Å². The van der Waals surface area contributed by atoms with Crippen LogP contribution in [0.25, 0.3) is 0 Å². The van der Waals surface area contributed by atoms with Crippen molar-refractivity contribution in [2.24, 2.45) is 10.7 Å². The molecule has 0 saturated carbocycles. The molecule has 0 aliphatic carbocycles. The summed E-state index contributed by atoms with van der Waals surface area (Å²) in [6.45, 7) is 0. The van der Waals surface area contributed by atoms with Crippen LogP contribution in [0.1, 0.15) is 15.9 Å². The number of nitrogens with zero attached hydrogens (tertiary/aromatic N) is 4. The van der Waals surface area contributed by atoms with E-state index >= 15 is 0 Å². The van der Waals surface area contributed by atoms with Crippen molar-refractivity contribution in [2.75, 3.05) is 5.32 Å². The maximum absolute atomic E-state index is 12.0. The predicted octanol–water partition coefficient (Wildman–Crippen LogP) is 4.24. The molecular weight excluding hydrogens is 418 g/mol. The van der Waals surface area contributed by atoms with E-state index in [9.17, 15) is 4.79 Å². The topological polar surface area (TPSA) is 131 Å². The number of carbonyl (C=O) groups is 1. The van der Waals surface area contributed by atoms with Crippen molar-refractivity contribution >= 4 is 41.0 Å². The predicted molar refractivity (Wildman–Crippen MR) is 118 cm³/mol. The minimum absolute atomic E-state index is 0.136. The molecule has 0 bridgehead atoms. The number of ether oxygens (including phenoxy) is 1. The van der Waals surface area contributed by atoms with Crippen molar-refractivity contribution in [3.63, 3.8) is 0 Å². The fourth-order valence-corrected chi connectivity index (χ4v) is 2.85. The van der Waals surface area contributed by atoms with Crippen LogP contribution in [0.5, 0.6) is 11.8 Å². The monoisotopic (exact) mass is 433 g/mol. The van der Waals surface area contributed by atoms with E-state index in [0.717, 1.165) is 5.56 Å². The quantitative estimate of drug-likeness (QED) is 0.373. The Labute approximate surface area is 182 Å². The van der Waals surface area contributed by atoms with Crippen LogP contribution in [-0.2, 0) is 0 Å². The van der Waals surface area contributed by atoms with E-state index in [1.807, 2.05) is 0 Å². The first-order valence-electron chi connectivity index (χ1n) is 9.08. The first-order valence-corrected chi connectivity index (χ1v) is 9.46. The molecule has 0 radical (unpaired) electrons. The Bertz CT molecular complexity index is 1220. The maximum Gasteiger partial charge on any atom is 0.321 e. The highest BCUT2D eigenvalue weighted by Gasteiger charge is 2.18. The molecule has 0 atom stereocenters. The van der Waals surface area contributed by atoms with E-state index in [-0.39, 0.29) is 23.2 Å². The van der Waals surface area contributed by atoms with Crippen molar-refractivity contribution in [1.29, 1.82) is 0 Å². The van der Waals surface area contributed by atoms with Crippen LogP contribution in [-0.4, -0.2) is 32.3 Å². The van der Waals surface area contributed by atoms with Crippen LogP contribution in [0.2, 0.25) is 5.02 Å². The summed E-state index contributed by atoms with van der Waals surface area (Å²) in [4.78, 5) is 24.3. The first kappa shape index (κ1) is 20.0. The zero-order chi connectivity index (χ0) is 21.6. The molecule has 31 heavy (non-hydrogen) atoms. The number of benzene rings is 2. The largest absolute Gasteiger partial charge is 0.424 e. The second-order valence-corrected chi connectivity index (χ2v) is 6.69. The van der Waals surface area contributed by atoms with Gasteiger partial charge in [-0.15, -0.1) is 0 Å². The van der Waals surface area contributed by atoms with Gasteiger partial charge >= 0.3 is 6.01 Å². The minimum atomic E-state index is -0.669. The molecule has 2 heterocycles. The number of aliphatic imine (C=N–C) groups is 1. The van der Waals surface area contributed by atoms with E-state index in [2.05, 4.69) is 30.5 Å². The Morgan fingerprint density at radius 3 is 2.61 bits per heavy atom. The zero-order valence-corrected chi connectivity index (χ0v) is 16.7. The van der Waals surface area contributed by atoms with E-state index in [4.69, 9.17) is 22.1 Å². The Morgan fingerprint density at radius 2 is 1.90 bits per heavy atom. The molecule has 0 fully saturated rings. The molecule has 1 amide bonds. The highest BCUT2D eigenvalue weighted by molar-refractivity contribution is 6.30. The van der Waals surface area contributed by atoms with Crippen LogP contribution in [0.15, 0.2) is 72.0 Å². The van der Waals surface area contributed by atoms with E-state index in [1.165, 1.54) is 0 Å². The van der Waals surface area contributed by atoms with Gasteiger partial charge in [-0.1, -0.05) is 17.7 Å². The molecule has 0 aliphatic heterocycles. The molecule has 4 rings (SSSR count). The Hall–Kier alpha value is -4.24. The number of nitrogens with two attached hydrogens (primary N) is 1. The molecule has 2 aromatic carbocycles. The van der Waals surface area contributed by atoms with Gasteiger partial charge in [0.2, 0.25) is 0 Å². The van der Waals surface area contributed by atoms with Gasteiger partial charge in [-0.3, -0.25) is 9.89 Å². The number of hydrogen-bond acceptors (Lipinski definition) is 7. The maximum atomic E-state index is 12.0. The van der Waals surface area contributed by atoms with Gasteiger partial charge in [0.25, 0.3) is 5.91 Å². The minimum Gasteiger partial charge on any atom is -0.424 e. The Morgan fingerprint density at radius 1 is 1.13 bits per heavy atom. The number of amides is 1. The number of rotatable bonds is 7. The summed E-state index contributed by atoms with van der Waals surface area (Å²) in [6.07, 6.45) is 4.77. The van der Waals surface area contributed by atoms with Gasteiger partial charge in [0.15, 0.2) is 11.6 Å². The summed E-state index contributed by atoms with van der Waals surface area (Å²) in [6, 6.07) is 16.1. The third-order valence-corrected chi connectivity index (χ3v) is 4.29. The second-order valence-electron chi connectivity index (χ2n) is 6.26. The summed E-state index contributed by atoms with van der Waals surface area (Å²) in [5.74, 6) is 0.399. The zero-order valence-electron chi connectivity index (χ0n) is 16.0. The standard InChI is InChI=1S/C21H16ClN7O2/c22-14-3-1-4-15(11-14)27-20-17(18(23)30)19(28-29-20)26-12-13-5-7-16(8-6-13)31-21-24-9-2-10-25-21/h1-12H,(H2,23,30)(H2,27,28,29). The number of hydrogen-bond donors (Lipinski definition) is 3. The van der Waals surface area contributed by atoms with Crippen molar-refractivity contribution < 1.29 is 9.53 Å². The van der Waals surface area contributed by atoms with Crippen LogP contribution in [0.3, 0.4) is 0 Å². The molecule has 0 unspecified atom stereocenters. The van der Waals surface area contributed by atoms with Gasteiger partial charge in [0.1, 0.15) is 11.3 Å². The van der Waals surface area contributed by atoms with Gasteiger partial charge in [-0.05, 0) is 54.1 Å². The summed E-state index contributed by atoms with van der Waals surface area (Å²) < 4.78 is 5.55. The molecule has 0 aliphatic rings. The third-order valence-electron chi connectivity index (χ3n) is 4.06. The molecule has 2 aromatic heterocycles. The van der Waals surface area contributed by atoms with Crippen LogP contribution in [0, 0.1) is 0 Å². The van der Waals surface area contributed by atoms with E-state index in [1.54, 1.807) is 73.2 Å². The van der Waals surface area contributed by atoms with Gasteiger partial charge in [-0.25, -0.2) is 15.0 Å². The molecule has 9 nitrogen and oxygen atoms in total. The SMILES string of the molecule is NC(=O)c1c(Nc2cccc(Cl)c2)n[nH]c1N=Cc1ccc(Oc2ncccn2)cc1. The highest BCUT2D eigenvalue weighted by Crippen LogP contribution is 2.27. The molecule has 154 valence electrons. The van der Waals surface area contributed by atoms with Crippen molar-refractivity contribution in [3.8, 4) is 11.8 Å². The Balaban J connectivity index is 1.51. The lowest BCUT2D eigenvalue weighted by atomic mass is 10.2. The summed E-state index contributed by atoms with van der Waals surface area (Å²) in [5, 5.41) is 10.4. The lowest BCUT2D eigenvalue weighted by molar-refractivity contribution is 0.100. The van der Waals surface area contributed by atoms with Crippen molar-refractivity contribution in [1.82, 2.24) is 20.2 Å². The molecule has 0 spiro atoms. The van der Waals surface area contributed by atoms with Gasteiger partial charge in [0.05, 0.1) is 0 Å². The fraction of sp³-hybridized carbons (Fsp3) is 0. The smallest absolute Gasteiger partial charge is 0.321 e. The summed E-state index contributed by atoms with van der Waals surface area (Å²) in [7, 11) is 0. The average molecular weight is 434 g/mol. The molecule has 0 saturated heterocycles. The van der Waals surface area contributed by atoms with E-state index in [0.29, 0.717) is 16.5 Å². The lowest BCUT2D eigenvalue weighted by Gasteiger charge is -2.05. The number of nitrogens with one attached hydrogen (secondary N) is 2. The van der Waals surface area contributed by atoms with Gasteiger partial charge in [0, 0.05) is 29.3 Å². The third kappa shape index (κ3) is 5.03. The number of H-pyrrole nitrogens is 1.